The van der Waals surface area contributed by atoms with Crippen molar-refractivity contribution in [1.82, 2.24) is 30.1 Å². The van der Waals surface area contributed by atoms with Gasteiger partial charge in [-0.15, -0.1) is 0 Å². The zero-order valence-corrected chi connectivity index (χ0v) is 14.5. The molecule has 0 saturated heterocycles. The highest BCUT2D eigenvalue weighted by Gasteiger charge is 2.35. The fourth-order valence-electron chi connectivity index (χ4n) is 3.21. The highest BCUT2D eigenvalue weighted by Crippen LogP contribution is 2.34. The minimum Gasteiger partial charge on any atom is -0.352 e. The van der Waals surface area contributed by atoms with Gasteiger partial charge in [-0.3, -0.25) is 4.79 Å². The number of hydrogen-bond donors (Lipinski definition) is 2. The Hall–Kier alpha value is -3.42. The zero-order chi connectivity index (χ0) is 18.1. The number of aromatic nitrogens is 5. The van der Waals surface area contributed by atoms with E-state index in [-0.39, 0.29) is 5.91 Å². The van der Waals surface area contributed by atoms with Crippen LogP contribution < -0.4 is 10.6 Å². The molecule has 0 bridgehead atoms. The topological polar surface area (TPSA) is 89.7 Å². The molecule has 0 saturated carbocycles. The van der Waals surface area contributed by atoms with Crippen LogP contribution in [0.5, 0.6) is 0 Å². The van der Waals surface area contributed by atoms with Crippen LogP contribution in [0.3, 0.4) is 0 Å². The van der Waals surface area contributed by atoms with E-state index in [1.807, 2.05) is 67.2 Å². The molecule has 1 aromatic carbocycles. The molecule has 2 N–H and O–H groups in total. The summed E-state index contributed by atoms with van der Waals surface area (Å²) in [6.45, 7) is 2.32. The van der Waals surface area contributed by atoms with Gasteiger partial charge in [0.15, 0.2) is 0 Å². The third-order valence-electron chi connectivity index (χ3n) is 4.52. The number of hydrogen-bond acceptors (Lipinski definition) is 5. The molecule has 26 heavy (non-hydrogen) atoms. The lowest BCUT2D eigenvalue weighted by atomic mass is 9.99. The standard InChI is InChI=1S/C18H19N7O/c1-12-15(17(26)19-11-13-7-4-3-5-8-13)16(14-9-6-10-24(14)2)25-18(20-12)21-22-23-25/h3-10,16H,11H2,1-2H3,(H,19,26)(H,20,21,23)/t16-/m1/s1. The minimum absolute atomic E-state index is 0.147. The number of allylic oxidation sites excluding steroid dienone is 1. The van der Waals surface area contributed by atoms with Gasteiger partial charge >= 0.3 is 0 Å². The van der Waals surface area contributed by atoms with Crippen molar-refractivity contribution in [3.05, 3.63) is 71.2 Å². The number of aryl methyl sites for hydroxylation is 1. The van der Waals surface area contributed by atoms with Crippen molar-refractivity contribution in [3.8, 4) is 0 Å². The van der Waals surface area contributed by atoms with Crippen molar-refractivity contribution in [2.24, 2.45) is 7.05 Å². The summed E-state index contributed by atoms with van der Waals surface area (Å²) in [5.74, 6) is 0.375. The molecule has 4 rings (SSSR count). The monoisotopic (exact) mass is 349 g/mol. The Kier molecular flexibility index (Phi) is 4.00. The molecule has 0 aliphatic carbocycles. The van der Waals surface area contributed by atoms with Gasteiger partial charge in [0.1, 0.15) is 6.04 Å². The third-order valence-corrected chi connectivity index (χ3v) is 4.52. The second-order valence-corrected chi connectivity index (χ2v) is 6.23. The third kappa shape index (κ3) is 2.75. The van der Waals surface area contributed by atoms with Crippen molar-refractivity contribution < 1.29 is 4.79 Å². The maximum atomic E-state index is 13.0. The van der Waals surface area contributed by atoms with Gasteiger partial charge in [-0.25, -0.2) is 0 Å². The fourth-order valence-corrected chi connectivity index (χ4v) is 3.21. The van der Waals surface area contributed by atoms with Crippen molar-refractivity contribution >= 4 is 11.9 Å². The van der Waals surface area contributed by atoms with Gasteiger partial charge in [0.25, 0.3) is 5.91 Å². The molecule has 0 spiro atoms. The second kappa shape index (κ2) is 6.47. The van der Waals surface area contributed by atoms with E-state index < -0.39 is 6.04 Å². The summed E-state index contributed by atoms with van der Waals surface area (Å²) in [5.41, 5.74) is 3.32. The normalized spacial score (nSPS) is 16.2. The average molecular weight is 349 g/mol. The number of nitrogens with zero attached hydrogens (tertiary/aromatic N) is 5. The predicted octanol–water partition coefficient (Wildman–Crippen LogP) is 1.62. The Morgan fingerprint density at radius 2 is 2.04 bits per heavy atom. The van der Waals surface area contributed by atoms with E-state index in [1.54, 1.807) is 4.68 Å². The molecule has 1 atom stereocenters. The van der Waals surface area contributed by atoms with Crippen LogP contribution in [0.1, 0.15) is 24.2 Å². The first-order chi connectivity index (χ1) is 12.6. The van der Waals surface area contributed by atoms with Gasteiger partial charge in [0.2, 0.25) is 5.95 Å². The molecule has 1 aliphatic heterocycles. The van der Waals surface area contributed by atoms with Crippen molar-refractivity contribution in [3.63, 3.8) is 0 Å². The van der Waals surface area contributed by atoms with Crippen LogP contribution in [0.4, 0.5) is 5.95 Å². The molecule has 1 amide bonds. The summed E-state index contributed by atoms with van der Waals surface area (Å²) in [7, 11) is 1.94. The summed E-state index contributed by atoms with van der Waals surface area (Å²) in [6.07, 6.45) is 1.94. The van der Waals surface area contributed by atoms with Crippen LogP contribution in [0.25, 0.3) is 0 Å². The first-order valence-corrected chi connectivity index (χ1v) is 8.34. The molecule has 1 aliphatic rings. The van der Waals surface area contributed by atoms with Crippen LogP contribution >= 0.6 is 0 Å². The summed E-state index contributed by atoms with van der Waals surface area (Å²) < 4.78 is 3.61. The SMILES string of the molecule is CC1=C(C(=O)NCc2ccccc2)[C@@H](c2cccn2C)n2nnnc2N1. The summed E-state index contributed by atoms with van der Waals surface area (Å²) in [6, 6.07) is 13.3. The lowest BCUT2D eigenvalue weighted by molar-refractivity contribution is -0.118. The van der Waals surface area contributed by atoms with Gasteiger partial charge in [-0.05, 0) is 35.0 Å². The van der Waals surface area contributed by atoms with Crippen molar-refractivity contribution in [2.45, 2.75) is 19.5 Å². The van der Waals surface area contributed by atoms with Crippen molar-refractivity contribution in [2.75, 3.05) is 5.32 Å². The first-order valence-electron chi connectivity index (χ1n) is 8.34. The quantitative estimate of drug-likeness (QED) is 0.747. The van der Waals surface area contributed by atoms with E-state index in [0.717, 1.165) is 17.0 Å². The number of benzene rings is 1. The Balaban J connectivity index is 1.68. The fraction of sp³-hybridized carbons (Fsp3) is 0.222. The lowest BCUT2D eigenvalue weighted by Crippen LogP contribution is -2.35. The van der Waals surface area contributed by atoms with Crippen LogP contribution in [-0.4, -0.2) is 30.7 Å². The molecular formula is C18H19N7O. The smallest absolute Gasteiger partial charge is 0.251 e. The molecule has 3 aromatic rings. The van der Waals surface area contributed by atoms with Gasteiger partial charge in [0.05, 0.1) is 5.57 Å². The summed E-state index contributed by atoms with van der Waals surface area (Å²) >= 11 is 0. The molecule has 2 aromatic heterocycles. The molecule has 0 unspecified atom stereocenters. The number of rotatable bonds is 4. The van der Waals surface area contributed by atoms with E-state index in [0.29, 0.717) is 18.1 Å². The zero-order valence-electron chi connectivity index (χ0n) is 14.5. The number of nitrogens with one attached hydrogen (secondary N) is 2. The number of carbonyl (C=O) groups excluding carboxylic acids is 1. The number of amides is 1. The summed E-state index contributed by atoms with van der Waals surface area (Å²) in [5, 5.41) is 18.0. The second-order valence-electron chi connectivity index (χ2n) is 6.23. The van der Waals surface area contributed by atoms with E-state index in [4.69, 9.17) is 0 Å². The number of anilines is 1. The van der Waals surface area contributed by atoms with E-state index in [1.165, 1.54) is 0 Å². The van der Waals surface area contributed by atoms with E-state index in [2.05, 4.69) is 26.2 Å². The van der Waals surface area contributed by atoms with Gasteiger partial charge in [-0.2, -0.15) is 4.68 Å². The van der Waals surface area contributed by atoms with Gasteiger partial charge < -0.3 is 15.2 Å². The Morgan fingerprint density at radius 3 is 2.77 bits per heavy atom. The van der Waals surface area contributed by atoms with E-state index >= 15 is 0 Å². The van der Waals surface area contributed by atoms with Crippen LogP contribution in [-0.2, 0) is 18.4 Å². The molecule has 132 valence electrons. The highest BCUT2D eigenvalue weighted by molar-refractivity contribution is 5.96. The number of tetrazole rings is 1. The van der Waals surface area contributed by atoms with Gasteiger partial charge in [0, 0.05) is 31.2 Å². The largest absolute Gasteiger partial charge is 0.352 e. The highest BCUT2D eigenvalue weighted by atomic mass is 16.1. The molecule has 3 heterocycles. The number of fused-ring (bicyclic) bond motifs is 1. The summed E-state index contributed by atoms with van der Waals surface area (Å²) in [4.78, 5) is 13.0. The maximum absolute atomic E-state index is 13.0. The van der Waals surface area contributed by atoms with Crippen molar-refractivity contribution in [1.29, 1.82) is 0 Å². The Labute approximate surface area is 150 Å². The lowest BCUT2D eigenvalue weighted by Gasteiger charge is -2.28. The van der Waals surface area contributed by atoms with Gasteiger partial charge in [-0.1, -0.05) is 35.4 Å². The minimum atomic E-state index is -0.392. The Morgan fingerprint density at radius 1 is 1.23 bits per heavy atom. The van der Waals surface area contributed by atoms with Crippen LogP contribution in [0.2, 0.25) is 0 Å². The molecule has 0 fully saturated rings. The van der Waals surface area contributed by atoms with E-state index in [9.17, 15) is 4.79 Å². The first kappa shape index (κ1) is 16.1. The molecule has 8 nitrogen and oxygen atoms in total. The Bertz CT molecular complexity index is 970. The molecular weight excluding hydrogens is 330 g/mol. The van der Waals surface area contributed by atoms with Crippen LogP contribution in [0.15, 0.2) is 59.9 Å². The maximum Gasteiger partial charge on any atom is 0.251 e. The predicted molar refractivity (Wildman–Crippen MR) is 96.0 cm³/mol. The van der Waals surface area contributed by atoms with Crippen LogP contribution in [0, 0.1) is 0 Å². The average Bonchev–Trinajstić information content (AvgIpc) is 3.28. The molecule has 8 heteroatoms. The molecule has 0 radical (unpaired) electrons. The number of carbonyl (C=O) groups is 1.